The number of nitrogens with two attached hydrogens (primary N) is 1. The van der Waals surface area contributed by atoms with Crippen LogP contribution in [0.15, 0.2) is 36.9 Å². The monoisotopic (exact) mass is 216 g/mol. The van der Waals surface area contributed by atoms with E-state index in [1.54, 1.807) is 30.9 Å². The molecule has 2 heterocycles. The first-order valence-corrected chi connectivity index (χ1v) is 4.91. The lowest BCUT2D eigenvalue weighted by Gasteiger charge is -2.06. The average molecular weight is 216 g/mol. The van der Waals surface area contributed by atoms with E-state index in [1.165, 1.54) is 0 Å². The van der Waals surface area contributed by atoms with Crippen molar-refractivity contribution in [3.8, 4) is 11.5 Å². The molecule has 0 amide bonds. The molecule has 2 aromatic heterocycles. The van der Waals surface area contributed by atoms with Crippen LogP contribution in [-0.4, -0.2) is 15.0 Å². The largest absolute Gasteiger partial charge is 0.452 e. The van der Waals surface area contributed by atoms with Gasteiger partial charge in [-0.25, -0.2) is 9.97 Å². The molecule has 1 unspecified atom stereocenters. The maximum atomic E-state index is 5.64. The minimum atomic E-state index is -0.174. The lowest BCUT2D eigenvalue weighted by molar-refractivity contribution is 0.473. The molecule has 82 valence electrons. The smallest absolute Gasteiger partial charge is 0.164 e. The Labute approximate surface area is 93.3 Å². The van der Waals surface area contributed by atoms with Crippen LogP contribution in [0, 0.1) is 0 Å². The molecule has 2 aromatic rings. The minimum Gasteiger partial charge on any atom is -0.452 e. The maximum absolute atomic E-state index is 5.64. The third-order valence-corrected chi connectivity index (χ3v) is 1.93. The third kappa shape index (κ3) is 2.52. The number of rotatable bonds is 3. The Hall–Kier alpha value is -2.01. The molecule has 2 rings (SSSR count). The summed E-state index contributed by atoms with van der Waals surface area (Å²) >= 11 is 0. The number of nitrogens with zero attached hydrogens (tertiary/aromatic N) is 3. The Bertz CT molecular complexity index is 441. The van der Waals surface area contributed by atoms with Crippen LogP contribution in [0.4, 0.5) is 0 Å². The molecule has 5 heteroatoms. The van der Waals surface area contributed by atoms with Gasteiger partial charge in [0.05, 0.1) is 24.6 Å². The van der Waals surface area contributed by atoms with Crippen molar-refractivity contribution in [2.45, 2.75) is 13.0 Å². The van der Waals surface area contributed by atoms with E-state index >= 15 is 0 Å². The first-order valence-electron chi connectivity index (χ1n) is 4.91. The van der Waals surface area contributed by atoms with Gasteiger partial charge in [0.2, 0.25) is 0 Å². The van der Waals surface area contributed by atoms with Gasteiger partial charge in [-0.3, -0.25) is 4.98 Å². The molecule has 0 aliphatic heterocycles. The van der Waals surface area contributed by atoms with Gasteiger partial charge < -0.3 is 10.5 Å². The van der Waals surface area contributed by atoms with Crippen molar-refractivity contribution in [3.05, 3.63) is 42.7 Å². The molecule has 0 bridgehead atoms. The van der Waals surface area contributed by atoms with Crippen molar-refractivity contribution in [2.75, 3.05) is 0 Å². The lowest BCUT2D eigenvalue weighted by atomic mass is 10.3. The second kappa shape index (κ2) is 4.67. The molecule has 0 saturated heterocycles. The molecule has 2 N–H and O–H groups in total. The van der Waals surface area contributed by atoms with Crippen LogP contribution >= 0.6 is 0 Å². The highest BCUT2D eigenvalue weighted by molar-refractivity contribution is 5.24. The quantitative estimate of drug-likeness (QED) is 0.844. The van der Waals surface area contributed by atoms with Gasteiger partial charge in [0.1, 0.15) is 11.6 Å². The van der Waals surface area contributed by atoms with Crippen LogP contribution in [0.25, 0.3) is 0 Å². The zero-order valence-electron chi connectivity index (χ0n) is 8.87. The van der Waals surface area contributed by atoms with Crippen molar-refractivity contribution >= 4 is 0 Å². The predicted molar refractivity (Wildman–Crippen MR) is 58.9 cm³/mol. The van der Waals surface area contributed by atoms with Gasteiger partial charge in [-0.2, -0.15) is 0 Å². The second-order valence-corrected chi connectivity index (χ2v) is 3.36. The Balaban J connectivity index is 2.11. The van der Waals surface area contributed by atoms with Crippen molar-refractivity contribution in [3.63, 3.8) is 0 Å². The Morgan fingerprint density at radius 3 is 2.50 bits per heavy atom. The van der Waals surface area contributed by atoms with E-state index in [-0.39, 0.29) is 6.04 Å². The summed E-state index contributed by atoms with van der Waals surface area (Å²) < 4.78 is 5.48. The van der Waals surface area contributed by atoms with Gasteiger partial charge in [0.15, 0.2) is 5.75 Å². The van der Waals surface area contributed by atoms with Crippen molar-refractivity contribution in [1.82, 2.24) is 15.0 Å². The van der Waals surface area contributed by atoms with E-state index in [2.05, 4.69) is 15.0 Å². The molecular formula is C11H12N4O. The van der Waals surface area contributed by atoms with Crippen molar-refractivity contribution < 1.29 is 4.74 Å². The molecule has 0 spiro atoms. The van der Waals surface area contributed by atoms with Gasteiger partial charge in [-0.15, -0.1) is 0 Å². The Morgan fingerprint density at radius 1 is 1.19 bits per heavy atom. The molecule has 1 atom stereocenters. The number of pyridine rings is 1. The van der Waals surface area contributed by atoms with Crippen LogP contribution in [0.3, 0.4) is 0 Å². The first-order chi connectivity index (χ1) is 7.75. The van der Waals surface area contributed by atoms with Crippen LogP contribution in [0.2, 0.25) is 0 Å². The van der Waals surface area contributed by atoms with E-state index in [4.69, 9.17) is 10.5 Å². The second-order valence-electron chi connectivity index (χ2n) is 3.36. The molecule has 0 aliphatic rings. The Morgan fingerprint density at radius 2 is 1.94 bits per heavy atom. The number of hydrogen-bond donors (Lipinski definition) is 1. The predicted octanol–water partition coefficient (Wildman–Crippen LogP) is 1.68. The zero-order chi connectivity index (χ0) is 11.4. The summed E-state index contributed by atoms with van der Waals surface area (Å²) in [5.74, 6) is 1.82. The van der Waals surface area contributed by atoms with E-state index < -0.39 is 0 Å². The van der Waals surface area contributed by atoms with E-state index in [0.29, 0.717) is 17.3 Å². The zero-order valence-corrected chi connectivity index (χ0v) is 8.87. The number of hydrogen-bond acceptors (Lipinski definition) is 5. The molecule has 16 heavy (non-hydrogen) atoms. The Kier molecular flexibility index (Phi) is 3.07. The van der Waals surface area contributed by atoms with E-state index in [0.717, 1.165) is 0 Å². The van der Waals surface area contributed by atoms with Crippen LogP contribution in [-0.2, 0) is 0 Å². The fraction of sp³-hybridized carbons (Fsp3) is 0.182. The standard InChI is InChI=1S/C11H12N4O/c1-8(12)11-14-6-10(7-15-11)16-9-3-2-4-13-5-9/h2-8H,12H2,1H3. The molecule has 0 aliphatic carbocycles. The summed E-state index contributed by atoms with van der Waals surface area (Å²) in [6.45, 7) is 1.83. The lowest BCUT2D eigenvalue weighted by Crippen LogP contribution is -2.09. The fourth-order valence-corrected chi connectivity index (χ4v) is 1.16. The van der Waals surface area contributed by atoms with Crippen LogP contribution in [0.1, 0.15) is 18.8 Å². The van der Waals surface area contributed by atoms with E-state index in [1.807, 2.05) is 13.0 Å². The van der Waals surface area contributed by atoms with Crippen molar-refractivity contribution in [1.29, 1.82) is 0 Å². The molecule has 0 radical (unpaired) electrons. The molecule has 0 fully saturated rings. The summed E-state index contributed by atoms with van der Waals surface area (Å²) in [5.41, 5.74) is 5.64. The van der Waals surface area contributed by atoms with Gasteiger partial charge in [-0.05, 0) is 19.1 Å². The number of ether oxygens (including phenoxy) is 1. The molecule has 5 nitrogen and oxygen atoms in total. The highest BCUT2D eigenvalue weighted by atomic mass is 16.5. The molecular weight excluding hydrogens is 204 g/mol. The van der Waals surface area contributed by atoms with Crippen LogP contribution in [0.5, 0.6) is 11.5 Å². The minimum absolute atomic E-state index is 0.174. The summed E-state index contributed by atoms with van der Waals surface area (Å²) in [7, 11) is 0. The summed E-state index contributed by atoms with van der Waals surface area (Å²) in [5, 5.41) is 0. The SMILES string of the molecule is CC(N)c1ncc(Oc2cccnc2)cn1. The molecule has 0 aromatic carbocycles. The summed E-state index contributed by atoms with van der Waals surface area (Å²) in [6, 6.07) is 3.44. The van der Waals surface area contributed by atoms with Crippen LogP contribution < -0.4 is 10.5 Å². The van der Waals surface area contributed by atoms with Gasteiger partial charge in [0.25, 0.3) is 0 Å². The highest BCUT2D eigenvalue weighted by Gasteiger charge is 2.03. The summed E-state index contributed by atoms with van der Waals surface area (Å²) in [6.07, 6.45) is 6.50. The van der Waals surface area contributed by atoms with Gasteiger partial charge >= 0.3 is 0 Å². The fourth-order valence-electron chi connectivity index (χ4n) is 1.16. The molecule has 0 saturated carbocycles. The topological polar surface area (TPSA) is 73.9 Å². The van der Waals surface area contributed by atoms with Gasteiger partial charge in [-0.1, -0.05) is 0 Å². The highest BCUT2D eigenvalue weighted by Crippen LogP contribution is 2.18. The van der Waals surface area contributed by atoms with Crippen molar-refractivity contribution in [2.24, 2.45) is 5.73 Å². The maximum Gasteiger partial charge on any atom is 0.164 e. The normalized spacial score (nSPS) is 12.1. The third-order valence-electron chi connectivity index (χ3n) is 1.93. The number of aromatic nitrogens is 3. The van der Waals surface area contributed by atoms with Gasteiger partial charge in [0, 0.05) is 6.20 Å². The summed E-state index contributed by atoms with van der Waals surface area (Å²) in [4.78, 5) is 12.1. The van der Waals surface area contributed by atoms with E-state index in [9.17, 15) is 0 Å². The average Bonchev–Trinajstić information content (AvgIpc) is 2.31. The first kappa shape index (κ1) is 10.5.